The Morgan fingerprint density at radius 2 is 1.95 bits per heavy atom. The summed E-state index contributed by atoms with van der Waals surface area (Å²) in [6, 6.07) is 9.10. The van der Waals surface area contributed by atoms with Crippen LogP contribution in [0.5, 0.6) is 0 Å². The quantitative estimate of drug-likeness (QED) is 0.890. The van der Waals surface area contributed by atoms with Crippen LogP contribution >= 0.6 is 0 Å². The first-order valence-electron chi connectivity index (χ1n) is 6.88. The Morgan fingerprint density at radius 1 is 1.23 bits per heavy atom. The maximum Gasteiger partial charge on any atom is 0.305 e. The summed E-state index contributed by atoms with van der Waals surface area (Å²) in [4.78, 5) is 24.2. The van der Waals surface area contributed by atoms with Crippen molar-refractivity contribution in [3.05, 3.63) is 48.0 Å². The summed E-state index contributed by atoms with van der Waals surface area (Å²) in [6.07, 6.45) is -0.138. The monoisotopic (exact) mass is 305 g/mol. The Balaban J connectivity index is 2.18. The predicted octanol–water partition coefficient (Wildman–Crippen LogP) is 3.02. The second kappa shape index (κ2) is 6.89. The van der Waals surface area contributed by atoms with Crippen LogP contribution in [0.1, 0.15) is 23.9 Å². The summed E-state index contributed by atoms with van der Waals surface area (Å²) in [5, 5.41) is 8.69. The number of carboxylic acid groups (broad SMARTS) is 1. The SMILES string of the molecule is CCN(CCC(=O)O)C(=O)c1ccc(-c2ccccc2F)o1. The predicted molar refractivity (Wildman–Crippen MR) is 77.9 cm³/mol. The van der Waals surface area contributed by atoms with Crippen LogP contribution in [0.15, 0.2) is 40.8 Å². The molecule has 1 amide bonds. The number of carbonyl (C=O) groups is 2. The summed E-state index contributed by atoms with van der Waals surface area (Å²) in [6.45, 7) is 2.21. The van der Waals surface area contributed by atoms with Crippen molar-refractivity contribution in [2.24, 2.45) is 0 Å². The van der Waals surface area contributed by atoms with Crippen LogP contribution in [0.25, 0.3) is 11.3 Å². The van der Waals surface area contributed by atoms with Crippen LogP contribution < -0.4 is 0 Å². The van der Waals surface area contributed by atoms with E-state index >= 15 is 0 Å². The highest BCUT2D eigenvalue weighted by Crippen LogP contribution is 2.25. The minimum Gasteiger partial charge on any atom is -0.481 e. The number of aliphatic carboxylic acids is 1. The fourth-order valence-electron chi connectivity index (χ4n) is 2.05. The van der Waals surface area contributed by atoms with Gasteiger partial charge in [-0.05, 0) is 31.2 Å². The number of rotatable bonds is 6. The van der Waals surface area contributed by atoms with Crippen LogP contribution in [0.4, 0.5) is 4.39 Å². The van der Waals surface area contributed by atoms with E-state index in [1.165, 1.54) is 23.1 Å². The van der Waals surface area contributed by atoms with E-state index < -0.39 is 17.7 Å². The molecule has 0 aliphatic rings. The number of furan rings is 1. The van der Waals surface area contributed by atoms with E-state index in [-0.39, 0.29) is 30.0 Å². The van der Waals surface area contributed by atoms with E-state index in [9.17, 15) is 14.0 Å². The van der Waals surface area contributed by atoms with Crippen LogP contribution in [-0.2, 0) is 4.79 Å². The summed E-state index contributed by atoms with van der Waals surface area (Å²) < 4.78 is 19.1. The smallest absolute Gasteiger partial charge is 0.305 e. The lowest BCUT2D eigenvalue weighted by Gasteiger charge is -2.18. The van der Waals surface area contributed by atoms with Crippen molar-refractivity contribution in [2.75, 3.05) is 13.1 Å². The lowest BCUT2D eigenvalue weighted by atomic mass is 10.1. The molecule has 0 saturated heterocycles. The number of benzene rings is 1. The minimum atomic E-state index is -0.974. The van der Waals surface area contributed by atoms with Crippen molar-refractivity contribution in [3.8, 4) is 11.3 Å². The lowest BCUT2D eigenvalue weighted by molar-refractivity contribution is -0.137. The van der Waals surface area contributed by atoms with Gasteiger partial charge in [-0.1, -0.05) is 12.1 Å². The Hall–Kier alpha value is -2.63. The van der Waals surface area contributed by atoms with Crippen molar-refractivity contribution in [1.82, 2.24) is 4.90 Å². The molecule has 1 heterocycles. The third-order valence-electron chi connectivity index (χ3n) is 3.22. The second-order valence-corrected chi connectivity index (χ2v) is 4.67. The zero-order chi connectivity index (χ0) is 16.1. The van der Waals surface area contributed by atoms with Gasteiger partial charge < -0.3 is 14.4 Å². The fourth-order valence-corrected chi connectivity index (χ4v) is 2.05. The van der Waals surface area contributed by atoms with Crippen molar-refractivity contribution in [3.63, 3.8) is 0 Å². The van der Waals surface area contributed by atoms with E-state index in [0.717, 1.165) is 0 Å². The van der Waals surface area contributed by atoms with Gasteiger partial charge in [0.2, 0.25) is 0 Å². The van der Waals surface area contributed by atoms with Gasteiger partial charge >= 0.3 is 5.97 Å². The summed E-state index contributed by atoms with van der Waals surface area (Å²) >= 11 is 0. The molecule has 1 aromatic carbocycles. The van der Waals surface area contributed by atoms with E-state index in [0.29, 0.717) is 6.54 Å². The largest absolute Gasteiger partial charge is 0.481 e. The van der Waals surface area contributed by atoms with Gasteiger partial charge in [0.25, 0.3) is 5.91 Å². The average Bonchev–Trinajstić information content (AvgIpc) is 2.97. The molecule has 2 aromatic rings. The van der Waals surface area contributed by atoms with Gasteiger partial charge in [-0.2, -0.15) is 0 Å². The van der Waals surface area contributed by atoms with Crippen molar-refractivity contribution in [1.29, 1.82) is 0 Å². The molecule has 5 nitrogen and oxygen atoms in total. The van der Waals surface area contributed by atoms with E-state index in [1.54, 1.807) is 25.1 Å². The fraction of sp³-hybridized carbons (Fsp3) is 0.250. The summed E-state index contributed by atoms with van der Waals surface area (Å²) in [5.41, 5.74) is 0.273. The zero-order valence-electron chi connectivity index (χ0n) is 12.1. The standard InChI is InChI=1S/C16H16FNO4/c1-2-18(10-9-15(19)20)16(21)14-8-7-13(22-14)11-5-3-4-6-12(11)17/h3-8H,2,9-10H2,1H3,(H,19,20). The topological polar surface area (TPSA) is 70.8 Å². The van der Waals surface area contributed by atoms with Gasteiger partial charge in [0.15, 0.2) is 5.76 Å². The molecule has 0 aliphatic heterocycles. The Morgan fingerprint density at radius 3 is 2.59 bits per heavy atom. The van der Waals surface area contributed by atoms with Gasteiger partial charge in [-0.3, -0.25) is 9.59 Å². The Labute approximate surface area is 127 Å². The maximum absolute atomic E-state index is 13.7. The number of carboxylic acids is 1. The molecule has 0 fully saturated rings. The summed E-state index contributed by atoms with van der Waals surface area (Å²) in [5.74, 6) is -1.50. The first-order valence-corrected chi connectivity index (χ1v) is 6.88. The van der Waals surface area contributed by atoms with E-state index in [4.69, 9.17) is 9.52 Å². The first kappa shape index (κ1) is 15.8. The molecule has 0 radical (unpaired) electrons. The third-order valence-corrected chi connectivity index (χ3v) is 3.22. The number of amides is 1. The molecule has 1 N–H and O–H groups in total. The lowest BCUT2D eigenvalue weighted by Crippen LogP contribution is -2.32. The normalized spacial score (nSPS) is 10.5. The van der Waals surface area contributed by atoms with Gasteiger partial charge in [-0.15, -0.1) is 0 Å². The molecule has 0 spiro atoms. The molecule has 6 heteroatoms. The molecule has 0 saturated carbocycles. The molecule has 0 aliphatic carbocycles. The Kier molecular flexibility index (Phi) is 4.93. The number of hydrogen-bond donors (Lipinski definition) is 1. The number of halogens is 1. The second-order valence-electron chi connectivity index (χ2n) is 4.67. The number of hydrogen-bond acceptors (Lipinski definition) is 3. The van der Waals surface area contributed by atoms with Crippen molar-refractivity contribution in [2.45, 2.75) is 13.3 Å². The highest BCUT2D eigenvalue weighted by molar-refractivity contribution is 5.92. The summed E-state index contributed by atoms with van der Waals surface area (Å²) in [7, 11) is 0. The maximum atomic E-state index is 13.7. The minimum absolute atomic E-state index is 0.0606. The molecule has 116 valence electrons. The molecule has 0 unspecified atom stereocenters. The average molecular weight is 305 g/mol. The van der Waals surface area contributed by atoms with Gasteiger partial charge in [0.1, 0.15) is 11.6 Å². The van der Waals surface area contributed by atoms with E-state index in [2.05, 4.69) is 0 Å². The number of carbonyl (C=O) groups excluding carboxylic acids is 1. The zero-order valence-corrected chi connectivity index (χ0v) is 12.1. The van der Waals surface area contributed by atoms with Gasteiger partial charge in [0, 0.05) is 13.1 Å². The third kappa shape index (κ3) is 3.52. The van der Waals surface area contributed by atoms with Crippen molar-refractivity contribution >= 4 is 11.9 Å². The molecular formula is C16H16FNO4. The highest BCUT2D eigenvalue weighted by atomic mass is 19.1. The molecular weight excluding hydrogens is 289 g/mol. The Bertz CT molecular complexity index is 680. The molecule has 22 heavy (non-hydrogen) atoms. The van der Waals surface area contributed by atoms with Crippen molar-refractivity contribution < 1.29 is 23.5 Å². The van der Waals surface area contributed by atoms with Crippen LogP contribution in [0.3, 0.4) is 0 Å². The first-order chi connectivity index (χ1) is 10.5. The van der Waals surface area contributed by atoms with E-state index in [1.807, 2.05) is 0 Å². The van der Waals surface area contributed by atoms with Crippen LogP contribution in [-0.4, -0.2) is 35.0 Å². The molecule has 0 bridgehead atoms. The van der Waals surface area contributed by atoms with Gasteiger partial charge in [0.05, 0.1) is 12.0 Å². The molecule has 1 aromatic heterocycles. The van der Waals surface area contributed by atoms with Gasteiger partial charge in [-0.25, -0.2) is 4.39 Å². The highest BCUT2D eigenvalue weighted by Gasteiger charge is 2.19. The van der Waals surface area contributed by atoms with Crippen LogP contribution in [0, 0.1) is 5.82 Å². The molecule has 0 atom stereocenters. The number of nitrogens with zero attached hydrogens (tertiary/aromatic N) is 1. The molecule has 2 rings (SSSR count). The van der Waals surface area contributed by atoms with Crippen LogP contribution in [0.2, 0.25) is 0 Å².